The minimum Gasteiger partial charge on any atom is -0.294 e. The number of Topliss-reactive ketones (excluding diaryl/α,β-unsaturated/α-hetero) is 1. The molecule has 1 heterocycles. The quantitative estimate of drug-likeness (QED) is 0.554. The fourth-order valence-corrected chi connectivity index (χ4v) is 4.89. The van der Waals surface area contributed by atoms with Gasteiger partial charge in [0, 0.05) is 18.4 Å². The van der Waals surface area contributed by atoms with Crippen LogP contribution in [0.2, 0.25) is 0 Å². The van der Waals surface area contributed by atoms with E-state index in [4.69, 9.17) is 0 Å². The lowest BCUT2D eigenvalue weighted by molar-refractivity contribution is -0.130. The van der Waals surface area contributed by atoms with Gasteiger partial charge in [0.25, 0.3) is 0 Å². The van der Waals surface area contributed by atoms with Gasteiger partial charge in [-0.2, -0.15) is 0 Å². The normalized spacial score (nSPS) is 17.4. The Balaban J connectivity index is 1.44. The molecule has 1 aliphatic rings. The molecular formula is C21H22N2O5S. The van der Waals surface area contributed by atoms with Crippen LogP contribution in [-0.2, 0) is 19.4 Å². The van der Waals surface area contributed by atoms with Crippen molar-refractivity contribution in [2.45, 2.75) is 19.3 Å². The minimum atomic E-state index is -3.17. The van der Waals surface area contributed by atoms with Crippen molar-refractivity contribution in [3.8, 4) is 11.1 Å². The Bertz CT molecular complexity index is 1000. The van der Waals surface area contributed by atoms with Crippen LogP contribution in [-0.4, -0.2) is 37.5 Å². The molecule has 2 aromatic carbocycles. The molecular weight excluding hydrogens is 392 g/mol. The fourth-order valence-electron chi connectivity index (χ4n) is 3.15. The van der Waals surface area contributed by atoms with Crippen molar-refractivity contribution in [2.75, 3.05) is 11.5 Å². The average Bonchev–Trinajstić information content (AvgIpc) is 3.10. The molecule has 1 fully saturated rings. The molecule has 0 aromatic heterocycles. The SMILES string of the molecule is O=C(CCC(=O)c1ccc(-c2ccccc2)cc1)NNC(=O)[C@@H]1CCS(=O)(=O)C1. The number of rotatable bonds is 6. The van der Waals surface area contributed by atoms with Crippen LogP contribution < -0.4 is 10.9 Å². The molecule has 1 atom stereocenters. The van der Waals surface area contributed by atoms with E-state index in [1.54, 1.807) is 12.1 Å². The highest BCUT2D eigenvalue weighted by molar-refractivity contribution is 7.91. The number of carbonyl (C=O) groups excluding carboxylic acids is 3. The van der Waals surface area contributed by atoms with E-state index in [1.807, 2.05) is 42.5 Å². The number of sulfone groups is 1. The molecule has 1 aliphatic heterocycles. The summed E-state index contributed by atoms with van der Waals surface area (Å²) >= 11 is 0. The second kappa shape index (κ2) is 9.00. The topological polar surface area (TPSA) is 109 Å². The van der Waals surface area contributed by atoms with E-state index >= 15 is 0 Å². The summed E-state index contributed by atoms with van der Waals surface area (Å²) < 4.78 is 22.8. The Hall–Kier alpha value is -3.00. The molecule has 2 amide bonds. The first-order chi connectivity index (χ1) is 13.8. The van der Waals surface area contributed by atoms with Gasteiger partial charge in [0.15, 0.2) is 15.6 Å². The van der Waals surface area contributed by atoms with Gasteiger partial charge < -0.3 is 0 Å². The molecule has 2 N–H and O–H groups in total. The molecule has 0 spiro atoms. The highest BCUT2D eigenvalue weighted by Gasteiger charge is 2.33. The lowest BCUT2D eigenvalue weighted by Crippen LogP contribution is -2.44. The minimum absolute atomic E-state index is 0.00416. The first kappa shape index (κ1) is 20.7. The van der Waals surface area contributed by atoms with Gasteiger partial charge in [0.1, 0.15) is 0 Å². The number of carbonyl (C=O) groups is 3. The molecule has 29 heavy (non-hydrogen) atoms. The third-order valence-electron chi connectivity index (χ3n) is 4.82. The zero-order valence-electron chi connectivity index (χ0n) is 15.8. The van der Waals surface area contributed by atoms with Gasteiger partial charge in [-0.15, -0.1) is 0 Å². The zero-order chi connectivity index (χ0) is 20.9. The van der Waals surface area contributed by atoms with Crippen molar-refractivity contribution >= 4 is 27.4 Å². The Labute approximate surface area is 169 Å². The number of benzene rings is 2. The van der Waals surface area contributed by atoms with E-state index in [9.17, 15) is 22.8 Å². The Morgan fingerprint density at radius 3 is 2.14 bits per heavy atom. The van der Waals surface area contributed by atoms with Crippen molar-refractivity contribution in [2.24, 2.45) is 5.92 Å². The fraction of sp³-hybridized carbons (Fsp3) is 0.286. The maximum Gasteiger partial charge on any atom is 0.242 e. The van der Waals surface area contributed by atoms with Crippen LogP contribution in [0.3, 0.4) is 0 Å². The molecule has 3 rings (SSSR count). The summed E-state index contributed by atoms with van der Waals surface area (Å²) in [5, 5.41) is 0. The number of hydrogen-bond donors (Lipinski definition) is 2. The molecule has 8 heteroatoms. The van der Waals surface area contributed by atoms with E-state index < -0.39 is 27.6 Å². The van der Waals surface area contributed by atoms with E-state index in [0.29, 0.717) is 5.56 Å². The summed E-state index contributed by atoms with van der Waals surface area (Å²) in [7, 11) is -3.17. The van der Waals surface area contributed by atoms with Crippen LogP contribution in [0.15, 0.2) is 54.6 Å². The van der Waals surface area contributed by atoms with Crippen molar-refractivity contribution in [1.29, 1.82) is 0 Å². The molecule has 7 nitrogen and oxygen atoms in total. The maximum absolute atomic E-state index is 12.3. The van der Waals surface area contributed by atoms with Crippen LogP contribution >= 0.6 is 0 Å². The maximum atomic E-state index is 12.3. The third-order valence-corrected chi connectivity index (χ3v) is 6.59. The van der Waals surface area contributed by atoms with Gasteiger partial charge in [-0.25, -0.2) is 8.42 Å². The summed E-state index contributed by atoms with van der Waals surface area (Å²) in [4.78, 5) is 36.0. The van der Waals surface area contributed by atoms with Gasteiger partial charge in [-0.05, 0) is 17.5 Å². The molecule has 0 aliphatic carbocycles. The predicted octanol–water partition coefficient (Wildman–Crippen LogP) is 1.90. The summed E-state index contributed by atoms with van der Waals surface area (Å²) in [6.45, 7) is 0. The van der Waals surface area contributed by atoms with Gasteiger partial charge in [0.05, 0.1) is 17.4 Å². The summed E-state index contributed by atoms with van der Waals surface area (Å²) in [5.41, 5.74) is 7.04. The first-order valence-corrected chi connectivity index (χ1v) is 11.1. The van der Waals surface area contributed by atoms with Crippen molar-refractivity contribution in [3.05, 3.63) is 60.2 Å². The third kappa shape index (κ3) is 5.74. The predicted molar refractivity (Wildman–Crippen MR) is 108 cm³/mol. The molecule has 152 valence electrons. The van der Waals surface area contributed by atoms with Gasteiger partial charge in [0.2, 0.25) is 11.8 Å². The van der Waals surface area contributed by atoms with Gasteiger partial charge >= 0.3 is 0 Å². The zero-order valence-corrected chi connectivity index (χ0v) is 16.6. The average molecular weight is 414 g/mol. The molecule has 2 aromatic rings. The standard InChI is InChI=1S/C21H22N2O5S/c24-19(17-8-6-16(7-9-17)15-4-2-1-3-5-15)10-11-20(25)22-23-21(26)18-12-13-29(27,28)14-18/h1-9,18H,10-14H2,(H,22,25)(H,23,26)/t18-/m1/s1. The highest BCUT2D eigenvalue weighted by atomic mass is 32.2. The number of ketones is 1. The van der Waals surface area contributed by atoms with Gasteiger partial charge in [-0.3, -0.25) is 25.2 Å². The Morgan fingerprint density at radius 2 is 1.52 bits per heavy atom. The van der Waals surface area contributed by atoms with E-state index in [1.165, 1.54) is 0 Å². The Morgan fingerprint density at radius 1 is 0.862 bits per heavy atom. The second-order valence-electron chi connectivity index (χ2n) is 7.00. The monoisotopic (exact) mass is 414 g/mol. The van der Waals surface area contributed by atoms with Crippen LogP contribution in [0.1, 0.15) is 29.6 Å². The summed E-state index contributed by atoms with van der Waals surface area (Å²) in [6, 6.07) is 17.0. The lowest BCUT2D eigenvalue weighted by Gasteiger charge is -2.10. The second-order valence-corrected chi connectivity index (χ2v) is 9.23. The van der Waals surface area contributed by atoms with Crippen molar-refractivity contribution in [3.63, 3.8) is 0 Å². The van der Waals surface area contributed by atoms with Crippen molar-refractivity contribution in [1.82, 2.24) is 10.9 Å². The smallest absolute Gasteiger partial charge is 0.242 e. The number of hydrazine groups is 1. The molecule has 0 bridgehead atoms. The van der Waals surface area contributed by atoms with Crippen LogP contribution in [0, 0.1) is 5.92 Å². The van der Waals surface area contributed by atoms with Gasteiger partial charge in [-0.1, -0.05) is 54.6 Å². The first-order valence-electron chi connectivity index (χ1n) is 9.32. The molecule has 0 saturated carbocycles. The Kier molecular flexibility index (Phi) is 6.43. The largest absolute Gasteiger partial charge is 0.294 e. The van der Waals surface area contributed by atoms with Crippen LogP contribution in [0.25, 0.3) is 11.1 Å². The molecule has 0 unspecified atom stereocenters. The highest BCUT2D eigenvalue weighted by Crippen LogP contribution is 2.20. The number of nitrogens with one attached hydrogen (secondary N) is 2. The van der Waals surface area contributed by atoms with Crippen molar-refractivity contribution < 1.29 is 22.8 Å². The van der Waals surface area contributed by atoms with E-state index in [0.717, 1.165) is 11.1 Å². The van der Waals surface area contributed by atoms with Crippen LogP contribution in [0.5, 0.6) is 0 Å². The summed E-state index contributed by atoms with van der Waals surface area (Å²) in [5.74, 6) is -2.07. The number of amides is 2. The lowest BCUT2D eigenvalue weighted by atomic mass is 10.0. The van der Waals surface area contributed by atoms with E-state index in [2.05, 4.69) is 10.9 Å². The van der Waals surface area contributed by atoms with Crippen LogP contribution in [0.4, 0.5) is 0 Å². The molecule has 0 radical (unpaired) electrons. The summed E-state index contributed by atoms with van der Waals surface area (Å²) in [6.07, 6.45) is 0.175. The molecule has 1 saturated heterocycles. The number of hydrogen-bond acceptors (Lipinski definition) is 5. The van der Waals surface area contributed by atoms with E-state index in [-0.39, 0.29) is 36.6 Å².